The van der Waals surface area contributed by atoms with Crippen LogP contribution >= 0.6 is 22.9 Å². The van der Waals surface area contributed by atoms with Gasteiger partial charge in [-0.2, -0.15) is 0 Å². The van der Waals surface area contributed by atoms with Crippen LogP contribution in [-0.2, 0) is 0 Å². The van der Waals surface area contributed by atoms with E-state index in [-0.39, 0.29) is 17.9 Å². The number of nitrogens with zero attached hydrogens (tertiary/aromatic N) is 2. The summed E-state index contributed by atoms with van der Waals surface area (Å²) in [5.74, 6) is 0.755. The molecule has 2 heterocycles. The zero-order valence-corrected chi connectivity index (χ0v) is 17.7. The Morgan fingerprint density at radius 1 is 1.17 bits per heavy atom. The van der Waals surface area contributed by atoms with Crippen LogP contribution in [0.15, 0.2) is 60.1 Å². The first-order valence-electron chi connectivity index (χ1n) is 9.95. The minimum absolute atomic E-state index is 0.00374. The van der Waals surface area contributed by atoms with Gasteiger partial charge in [0, 0.05) is 23.7 Å². The molecule has 1 saturated carbocycles. The summed E-state index contributed by atoms with van der Waals surface area (Å²) < 4.78 is 0. The van der Waals surface area contributed by atoms with Gasteiger partial charge in [0.2, 0.25) is 0 Å². The average molecular weight is 438 g/mol. The maximum Gasteiger partial charge on any atom is 0.274 e. The number of carbonyl (C=O) groups is 2. The monoisotopic (exact) mass is 437 g/mol. The fourth-order valence-electron chi connectivity index (χ4n) is 4.32. The molecule has 2 amide bonds. The molecule has 1 unspecified atom stereocenters. The second kappa shape index (κ2) is 7.85. The van der Waals surface area contributed by atoms with Crippen LogP contribution in [0.2, 0.25) is 5.02 Å². The van der Waals surface area contributed by atoms with Crippen molar-refractivity contribution in [3.05, 3.63) is 76.4 Å². The Bertz CT molecular complexity index is 1100. The Balaban J connectivity index is 1.32. The van der Waals surface area contributed by atoms with Crippen LogP contribution in [0.3, 0.4) is 0 Å². The molecule has 1 N–H and O–H groups in total. The van der Waals surface area contributed by atoms with Crippen LogP contribution in [-0.4, -0.2) is 40.8 Å². The van der Waals surface area contributed by atoms with Gasteiger partial charge in [-0.15, -0.1) is 11.3 Å². The van der Waals surface area contributed by atoms with Crippen LogP contribution in [0.5, 0.6) is 0 Å². The molecule has 1 aromatic heterocycles. The summed E-state index contributed by atoms with van der Waals surface area (Å²) in [6.07, 6.45) is 1.12. The lowest BCUT2D eigenvalue weighted by molar-refractivity contribution is 0.0690. The molecule has 30 heavy (non-hydrogen) atoms. The van der Waals surface area contributed by atoms with E-state index in [9.17, 15) is 9.59 Å². The van der Waals surface area contributed by atoms with Crippen molar-refractivity contribution < 1.29 is 9.59 Å². The summed E-state index contributed by atoms with van der Waals surface area (Å²) >= 11 is 7.47. The van der Waals surface area contributed by atoms with Gasteiger partial charge < -0.3 is 10.2 Å². The van der Waals surface area contributed by atoms with Crippen LogP contribution in [0.1, 0.15) is 27.3 Å². The number of hydrogen-bond donors (Lipinski definition) is 1. The number of halogens is 1. The molecule has 2 fully saturated rings. The zero-order valence-electron chi connectivity index (χ0n) is 16.1. The van der Waals surface area contributed by atoms with Crippen molar-refractivity contribution >= 4 is 34.8 Å². The normalized spacial score (nSPS) is 21.9. The van der Waals surface area contributed by atoms with Crippen LogP contribution in [0, 0.1) is 11.8 Å². The van der Waals surface area contributed by atoms with Crippen molar-refractivity contribution in [1.82, 2.24) is 15.2 Å². The van der Waals surface area contributed by atoms with Gasteiger partial charge in [0.25, 0.3) is 11.8 Å². The van der Waals surface area contributed by atoms with Gasteiger partial charge in [-0.1, -0.05) is 48.0 Å². The molecule has 0 radical (unpaired) electrons. The minimum Gasteiger partial charge on any atom is -0.350 e. The maximum atomic E-state index is 13.4. The zero-order chi connectivity index (χ0) is 20.7. The van der Waals surface area contributed by atoms with Crippen molar-refractivity contribution in [1.29, 1.82) is 0 Å². The first kappa shape index (κ1) is 19.3. The van der Waals surface area contributed by atoms with Crippen molar-refractivity contribution in [2.45, 2.75) is 12.5 Å². The molecule has 3 atom stereocenters. The number of amides is 2. The van der Waals surface area contributed by atoms with Gasteiger partial charge in [-0.25, -0.2) is 4.98 Å². The highest BCUT2D eigenvalue weighted by atomic mass is 35.5. The topological polar surface area (TPSA) is 62.3 Å². The minimum atomic E-state index is -0.173. The number of aromatic nitrogens is 1. The Hall–Kier alpha value is -2.70. The summed E-state index contributed by atoms with van der Waals surface area (Å²) in [4.78, 5) is 33.1. The summed E-state index contributed by atoms with van der Waals surface area (Å²) in [5, 5.41) is 3.52. The van der Waals surface area contributed by atoms with E-state index >= 15 is 0 Å². The quantitative estimate of drug-likeness (QED) is 0.645. The van der Waals surface area contributed by atoms with Gasteiger partial charge in [0.05, 0.1) is 16.4 Å². The lowest BCUT2D eigenvalue weighted by atomic mass is 10.1. The van der Waals surface area contributed by atoms with E-state index in [1.165, 1.54) is 11.3 Å². The van der Waals surface area contributed by atoms with Gasteiger partial charge >= 0.3 is 0 Å². The SMILES string of the molecule is O=C(NC[C@@H]1C2C[C@H]2CN1C(=O)c1ncsc1-c1ccccc1)c1cccc(Cl)c1. The number of benzene rings is 2. The third kappa shape index (κ3) is 3.61. The first-order chi connectivity index (χ1) is 14.6. The summed E-state index contributed by atoms with van der Waals surface area (Å²) in [5.41, 5.74) is 3.75. The number of hydrogen-bond acceptors (Lipinski definition) is 4. The molecule has 2 aliphatic rings. The molecular formula is C23H20ClN3O2S. The van der Waals surface area contributed by atoms with Gasteiger partial charge in [0.15, 0.2) is 0 Å². The Morgan fingerprint density at radius 3 is 2.80 bits per heavy atom. The Kier molecular flexibility index (Phi) is 5.05. The van der Waals surface area contributed by atoms with Gasteiger partial charge in [-0.05, 0) is 42.0 Å². The van der Waals surface area contributed by atoms with E-state index in [2.05, 4.69) is 10.3 Å². The van der Waals surface area contributed by atoms with Crippen LogP contribution in [0.25, 0.3) is 10.4 Å². The molecule has 1 aliphatic carbocycles. The van der Waals surface area contributed by atoms with E-state index in [0.717, 1.165) is 23.4 Å². The summed E-state index contributed by atoms with van der Waals surface area (Å²) in [6.45, 7) is 1.16. The second-order valence-corrected chi connectivity index (χ2v) is 9.09. The highest BCUT2D eigenvalue weighted by Crippen LogP contribution is 2.50. The van der Waals surface area contributed by atoms with Crippen LogP contribution < -0.4 is 5.32 Å². The van der Waals surface area contributed by atoms with Crippen LogP contribution in [0.4, 0.5) is 0 Å². The van der Waals surface area contributed by atoms with Crippen molar-refractivity contribution in [2.75, 3.05) is 13.1 Å². The largest absolute Gasteiger partial charge is 0.350 e. The third-order valence-electron chi connectivity index (χ3n) is 5.93. The van der Waals surface area contributed by atoms with E-state index < -0.39 is 0 Å². The predicted molar refractivity (Wildman–Crippen MR) is 118 cm³/mol. The van der Waals surface area contributed by atoms with E-state index in [1.54, 1.807) is 29.8 Å². The molecule has 5 rings (SSSR count). The molecule has 1 aliphatic heterocycles. The lowest BCUT2D eigenvalue weighted by Crippen LogP contribution is -2.45. The smallest absolute Gasteiger partial charge is 0.274 e. The Labute approximate surface area is 183 Å². The maximum absolute atomic E-state index is 13.4. The number of piperidine rings is 1. The number of thiazole rings is 1. The van der Waals surface area contributed by atoms with Crippen molar-refractivity contribution in [2.24, 2.45) is 11.8 Å². The molecule has 0 bridgehead atoms. The number of fused-ring (bicyclic) bond motifs is 1. The van der Waals surface area contributed by atoms with E-state index in [1.807, 2.05) is 35.2 Å². The van der Waals surface area contributed by atoms with Crippen molar-refractivity contribution in [3.8, 4) is 10.4 Å². The molecule has 5 nitrogen and oxygen atoms in total. The lowest BCUT2D eigenvalue weighted by Gasteiger charge is -2.27. The molecule has 1 saturated heterocycles. The molecular weight excluding hydrogens is 418 g/mol. The molecule has 152 valence electrons. The van der Waals surface area contributed by atoms with Gasteiger partial charge in [0.1, 0.15) is 5.69 Å². The summed E-state index contributed by atoms with van der Waals surface area (Å²) in [7, 11) is 0. The predicted octanol–water partition coefficient (Wildman–Crippen LogP) is 4.35. The fourth-order valence-corrected chi connectivity index (χ4v) is 5.30. The standard InChI is InChI=1S/C23H20ClN3O2S/c24-17-8-4-7-15(9-17)22(28)25-11-19-18-10-16(18)12-27(19)23(29)20-21(30-13-26-20)14-5-2-1-3-6-14/h1-9,13,16,18-19H,10-12H2,(H,25,28)/t16-,18?,19+/m0/s1. The third-order valence-corrected chi connectivity index (χ3v) is 7.04. The molecule has 0 spiro atoms. The second-order valence-electron chi connectivity index (χ2n) is 7.80. The molecule has 3 aromatic rings. The highest BCUT2D eigenvalue weighted by molar-refractivity contribution is 7.13. The summed E-state index contributed by atoms with van der Waals surface area (Å²) in [6, 6.07) is 16.7. The number of rotatable bonds is 5. The van der Waals surface area contributed by atoms with Crippen molar-refractivity contribution in [3.63, 3.8) is 0 Å². The number of nitrogens with one attached hydrogen (secondary N) is 1. The Morgan fingerprint density at radius 2 is 2.00 bits per heavy atom. The molecule has 7 heteroatoms. The van der Waals surface area contributed by atoms with E-state index in [0.29, 0.717) is 34.7 Å². The molecule has 2 aromatic carbocycles. The first-order valence-corrected chi connectivity index (χ1v) is 11.2. The number of carbonyl (C=O) groups excluding carboxylic acids is 2. The number of likely N-dealkylation sites (tertiary alicyclic amines) is 1. The van der Waals surface area contributed by atoms with Gasteiger partial charge in [-0.3, -0.25) is 9.59 Å². The van der Waals surface area contributed by atoms with E-state index in [4.69, 9.17) is 11.6 Å². The highest BCUT2D eigenvalue weighted by Gasteiger charge is 2.54. The average Bonchev–Trinajstić information content (AvgIpc) is 3.20. The fraction of sp³-hybridized carbons (Fsp3) is 0.261.